The summed E-state index contributed by atoms with van der Waals surface area (Å²) in [5.74, 6) is 0. The second-order valence-electron chi connectivity index (χ2n) is 5.06. The van der Waals surface area contributed by atoms with Gasteiger partial charge in [-0.15, -0.1) is 0 Å². The van der Waals surface area contributed by atoms with Gasteiger partial charge in [0.1, 0.15) is 0 Å². The molecule has 0 radical (unpaired) electrons. The first-order valence-electron chi connectivity index (χ1n) is 7.24. The molecule has 20 heavy (non-hydrogen) atoms. The third-order valence-electron chi connectivity index (χ3n) is 3.81. The van der Waals surface area contributed by atoms with E-state index in [1.807, 2.05) is 27.3 Å². The molecule has 0 saturated heterocycles. The Balaban J connectivity index is 2.43. The first kappa shape index (κ1) is 12.9. The van der Waals surface area contributed by atoms with Crippen LogP contribution in [0.2, 0.25) is 0 Å². The molecule has 4 heteroatoms. The number of hydrogen-bond donors (Lipinski definition) is 0. The van der Waals surface area contributed by atoms with Crippen LogP contribution < -0.4 is 5.56 Å². The standard InChI is InChI=1S/C16H19N3O/c1-3-5-10-19-13-9-7-6-8-12(13)15-14(16(19)20)17-11-18(15)4-2/h6-9,11H,3-5,10H2,1-2H3. The summed E-state index contributed by atoms with van der Waals surface area (Å²) in [6.07, 6.45) is 3.84. The zero-order valence-electron chi connectivity index (χ0n) is 12.0. The molecule has 0 bridgehead atoms. The lowest BCUT2D eigenvalue weighted by Crippen LogP contribution is -2.21. The van der Waals surface area contributed by atoms with Crippen molar-refractivity contribution in [3.05, 3.63) is 40.9 Å². The third kappa shape index (κ3) is 1.83. The highest BCUT2D eigenvalue weighted by Crippen LogP contribution is 2.22. The summed E-state index contributed by atoms with van der Waals surface area (Å²) in [5, 5.41) is 1.11. The van der Waals surface area contributed by atoms with Gasteiger partial charge in [-0.3, -0.25) is 4.79 Å². The number of para-hydroxylation sites is 1. The second-order valence-corrected chi connectivity index (χ2v) is 5.06. The van der Waals surface area contributed by atoms with E-state index in [4.69, 9.17) is 0 Å². The van der Waals surface area contributed by atoms with Crippen molar-refractivity contribution in [3.8, 4) is 0 Å². The Morgan fingerprint density at radius 3 is 2.75 bits per heavy atom. The largest absolute Gasteiger partial charge is 0.330 e. The van der Waals surface area contributed by atoms with E-state index in [2.05, 4.69) is 24.9 Å². The molecule has 1 aromatic carbocycles. The number of fused-ring (bicyclic) bond motifs is 3. The summed E-state index contributed by atoms with van der Waals surface area (Å²) in [6, 6.07) is 8.11. The quantitative estimate of drug-likeness (QED) is 0.730. The van der Waals surface area contributed by atoms with E-state index in [9.17, 15) is 4.79 Å². The highest BCUT2D eigenvalue weighted by molar-refractivity contribution is 6.02. The lowest BCUT2D eigenvalue weighted by atomic mass is 10.1. The number of aromatic nitrogens is 3. The molecular weight excluding hydrogens is 250 g/mol. The lowest BCUT2D eigenvalue weighted by molar-refractivity contribution is 0.634. The van der Waals surface area contributed by atoms with E-state index < -0.39 is 0 Å². The van der Waals surface area contributed by atoms with Crippen molar-refractivity contribution in [2.45, 2.75) is 39.8 Å². The van der Waals surface area contributed by atoms with Crippen molar-refractivity contribution in [2.75, 3.05) is 0 Å². The summed E-state index contributed by atoms with van der Waals surface area (Å²) in [7, 11) is 0. The van der Waals surface area contributed by atoms with Crippen molar-refractivity contribution in [1.29, 1.82) is 0 Å². The normalized spacial score (nSPS) is 11.5. The molecule has 0 spiro atoms. The van der Waals surface area contributed by atoms with Crippen molar-refractivity contribution in [2.24, 2.45) is 0 Å². The molecule has 0 N–H and O–H groups in total. The van der Waals surface area contributed by atoms with Gasteiger partial charge in [0.2, 0.25) is 0 Å². The minimum absolute atomic E-state index is 0.0272. The maximum atomic E-state index is 12.7. The topological polar surface area (TPSA) is 39.8 Å². The zero-order valence-corrected chi connectivity index (χ0v) is 12.0. The number of imidazole rings is 1. The second kappa shape index (κ2) is 5.12. The summed E-state index contributed by atoms with van der Waals surface area (Å²) in [4.78, 5) is 17.0. The van der Waals surface area contributed by atoms with Crippen LogP contribution in [0.15, 0.2) is 35.4 Å². The summed E-state index contributed by atoms with van der Waals surface area (Å²) < 4.78 is 3.91. The lowest BCUT2D eigenvalue weighted by Gasteiger charge is -2.11. The molecule has 3 rings (SSSR count). The molecule has 4 nitrogen and oxygen atoms in total. The van der Waals surface area contributed by atoms with Crippen LogP contribution in [0.3, 0.4) is 0 Å². The van der Waals surface area contributed by atoms with Gasteiger partial charge in [-0.1, -0.05) is 31.5 Å². The van der Waals surface area contributed by atoms with E-state index in [1.165, 1.54) is 0 Å². The highest BCUT2D eigenvalue weighted by Gasteiger charge is 2.14. The van der Waals surface area contributed by atoms with Gasteiger partial charge in [0.05, 0.1) is 17.4 Å². The van der Waals surface area contributed by atoms with E-state index in [0.29, 0.717) is 5.52 Å². The van der Waals surface area contributed by atoms with E-state index >= 15 is 0 Å². The number of pyridine rings is 1. The van der Waals surface area contributed by atoms with E-state index in [-0.39, 0.29) is 5.56 Å². The van der Waals surface area contributed by atoms with Crippen LogP contribution in [0.1, 0.15) is 26.7 Å². The summed E-state index contributed by atoms with van der Waals surface area (Å²) >= 11 is 0. The fourth-order valence-corrected chi connectivity index (χ4v) is 2.75. The van der Waals surface area contributed by atoms with Crippen molar-refractivity contribution >= 4 is 21.9 Å². The molecule has 2 heterocycles. The average molecular weight is 269 g/mol. The molecular formula is C16H19N3O. The Bertz CT molecular complexity index is 814. The average Bonchev–Trinajstić information content (AvgIpc) is 2.91. The molecule has 0 fully saturated rings. The number of hydrogen-bond acceptors (Lipinski definition) is 2. The predicted molar refractivity (Wildman–Crippen MR) is 82.1 cm³/mol. The summed E-state index contributed by atoms with van der Waals surface area (Å²) in [5.41, 5.74) is 2.58. The highest BCUT2D eigenvalue weighted by atomic mass is 16.1. The Morgan fingerprint density at radius 2 is 2.00 bits per heavy atom. The number of benzene rings is 1. The molecule has 104 valence electrons. The maximum absolute atomic E-state index is 12.7. The van der Waals surface area contributed by atoms with Crippen LogP contribution in [-0.2, 0) is 13.1 Å². The number of aryl methyl sites for hydroxylation is 2. The zero-order chi connectivity index (χ0) is 14.1. The molecule has 3 aromatic rings. The Labute approximate surface area is 117 Å². The molecule has 0 aliphatic carbocycles. The SMILES string of the molecule is CCCCn1c(=O)c2ncn(CC)c2c2ccccc21. The van der Waals surface area contributed by atoms with Gasteiger partial charge >= 0.3 is 0 Å². The van der Waals surface area contributed by atoms with Gasteiger partial charge < -0.3 is 9.13 Å². The molecule has 0 aliphatic rings. The van der Waals surface area contributed by atoms with E-state index in [0.717, 1.165) is 42.4 Å². The van der Waals surface area contributed by atoms with Crippen molar-refractivity contribution < 1.29 is 0 Å². The van der Waals surface area contributed by atoms with Crippen LogP contribution >= 0.6 is 0 Å². The van der Waals surface area contributed by atoms with Gasteiger partial charge in [0.25, 0.3) is 5.56 Å². The third-order valence-corrected chi connectivity index (χ3v) is 3.81. The van der Waals surface area contributed by atoms with Gasteiger partial charge in [-0.2, -0.15) is 0 Å². The molecule has 0 aliphatic heterocycles. The van der Waals surface area contributed by atoms with Gasteiger partial charge in [-0.25, -0.2) is 4.98 Å². The van der Waals surface area contributed by atoms with Gasteiger partial charge in [0, 0.05) is 18.5 Å². The summed E-state index contributed by atoms with van der Waals surface area (Å²) in [6.45, 7) is 5.78. The number of unbranched alkanes of at least 4 members (excludes halogenated alkanes) is 1. The first-order valence-corrected chi connectivity index (χ1v) is 7.24. The minimum atomic E-state index is 0.0272. The first-order chi connectivity index (χ1) is 9.77. The number of rotatable bonds is 4. The van der Waals surface area contributed by atoms with Crippen LogP contribution in [0, 0.1) is 0 Å². The fourth-order valence-electron chi connectivity index (χ4n) is 2.75. The maximum Gasteiger partial charge on any atom is 0.279 e. The molecule has 0 saturated carbocycles. The molecule has 0 amide bonds. The van der Waals surface area contributed by atoms with Crippen LogP contribution in [0.4, 0.5) is 0 Å². The van der Waals surface area contributed by atoms with Crippen LogP contribution in [0.5, 0.6) is 0 Å². The molecule has 0 atom stereocenters. The number of nitrogens with zero attached hydrogens (tertiary/aromatic N) is 3. The molecule has 0 unspecified atom stereocenters. The van der Waals surface area contributed by atoms with Crippen LogP contribution in [-0.4, -0.2) is 14.1 Å². The van der Waals surface area contributed by atoms with E-state index in [1.54, 1.807) is 6.33 Å². The Hall–Kier alpha value is -2.10. The predicted octanol–water partition coefficient (Wildman–Crippen LogP) is 3.17. The van der Waals surface area contributed by atoms with Crippen molar-refractivity contribution in [3.63, 3.8) is 0 Å². The van der Waals surface area contributed by atoms with Crippen LogP contribution in [0.25, 0.3) is 21.9 Å². The van der Waals surface area contributed by atoms with Crippen molar-refractivity contribution in [1.82, 2.24) is 14.1 Å². The van der Waals surface area contributed by atoms with Gasteiger partial charge in [0.15, 0.2) is 5.52 Å². The smallest absolute Gasteiger partial charge is 0.279 e. The fraction of sp³-hybridized carbons (Fsp3) is 0.375. The van der Waals surface area contributed by atoms with Gasteiger partial charge in [-0.05, 0) is 19.4 Å². The molecule has 2 aromatic heterocycles. The Kier molecular flexibility index (Phi) is 3.30. The monoisotopic (exact) mass is 269 g/mol. The minimum Gasteiger partial charge on any atom is -0.330 e. The Morgan fingerprint density at radius 1 is 1.20 bits per heavy atom.